The molecule has 128 valence electrons. The second kappa shape index (κ2) is 5.76. The summed E-state index contributed by atoms with van der Waals surface area (Å²) in [6.45, 7) is 0.414. The number of benzene rings is 1. The SMILES string of the molecule is O=C(O)[C@@H]1CN(c2cncc3ncnn23)C[C@H]1c1ccc(F)cc1F. The predicted octanol–water partition coefficient (Wildman–Crippen LogP) is 1.71. The first-order valence-corrected chi connectivity index (χ1v) is 7.61. The van der Waals surface area contributed by atoms with Crippen LogP contribution >= 0.6 is 0 Å². The van der Waals surface area contributed by atoms with Gasteiger partial charge in [0.05, 0.1) is 18.3 Å². The molecule has 4 rings (SSSR count). The van der Waals surface area contributed by atoms with Crippen LogP contribution in [0.3, 0.4) is 0 Å². The van der Waals surface area contributed by atoms with E-state index in [2.05, 4.69) is 15.1 Å². The van der Waals surface area contributed by atoms with Gasteiger partial charge in [0.15, 0.2) is 11.5 Å². The lowest BCUT2D eigenvalue weighted by Gasteiger charge is -2.18. The van der Waals surface area contributed by atoms with Crippen LogP contribution in [0.2, 0.25) is 0 Å². The Bertz CT molecular complexity index is 961. The van der Waals surface area contributed by atoms with Gasteiger partial charge in [-0.2, -0.15) is 9.61 Å². The van der Waals surface area contributed by atoms with Crippen molar-refractivity contribution in [2.45, 2.75) is 5.92 Å². The Hall–Kier alpha value is -3.10. The largest absolute Gasteiger partial charge is 0.481 e. The summed E-state index contributed by atoms with van der Waals surface area (Å²) < 4.78 is 28.9. The third-order valence-electron chi connectivity index (χ3n) is 4.49. The number of aliphatic carboxylic acids is 1. The average molecular weight is 345 g/mol. The van der Waals surface area contributed by atoms with Gasteiger partial charge in [-0.25, -0.2) is 13.8 Å². The normalized spacial score (nSPS) is 20.3. The van der Waals surface area contributed by atoms with Gasteiger partial charge in [-0.1, -0.05) is 6.07 Å². The molecule has 1 fully saturated rings. The van der Waals surface area contributed by atoms with Crippen molar-refractivity contribution in [1.29, 1.82) is 0 Å². The molecule has 2 atom stereocenters. The maximum atomic E-state index is 14.2. The highest BCUT2D eigenvalue weighted by Gasteiger charge is 2.40. The van der Waals surface area contributed by atoms with Crippen molar-refractivity contribution in [3.05, 3.63) is 54.1 Å². The zero-order chi connectivity index (χ0) is 17.6. The fourth-order valence-corrected chi connectivity index (χ4v) is 3.31. The number of hydrogen-bond acceptors (Lipinski definition) is 5. The van der Waals surface area contributed by atoms with Gasteiger partial charge in [0.1, 0.15) is 18.0 Å². The van der Waals surface area contributed by atoms with E-state index in [1.165, 1.54) is 12.4 Å². The lowest BCUT2D eigenvalue weighted by molar-refractivity contribution is -0.141. The van der Waals surface area contributed by atoms with Crippen molar-refractivity contribution in [3.63, 3.8) is 0 Å². The quantitative estimate of drug-likeness (QED) is 0.778. The van der Waals surface area contributed by atoms with E-state index in [0.717, 1.165) is 12.1 Å². The Kier molecular flexibility index (Phi) is 3.56. The molecule has 2 aromatic heterocycles. The summed E-state index contributed by atoms with van der Waals surface area (Å²) in [6.07, 6.45) is 4.48. The lowest BCUT2D eigenvalue weighted by Crippen LogP contribution is -2.25. The number of fused-ring (bicyclic) bond motifs is 1. The molecule has 1 aliphatic heterocycles. The van der Waals surface area contributed by atoms with Crippen LogP contribution in [-0.2, 0) is 4.79 Å². The maximum absolute atomic E-state index is 14.2. The summed E-state index contributed by atoms with van der Waals surface area (Å²) in [5.74, 6) is -3.34. The Balaban J connectivity index is 1.74. The van der Waals surface area contributed by atoms with Crippen molar-refractivity contribution in [1.82, 2.24) is 19.6 Å². The van der Waals surface area contributed by atoms with E-state index >= 15 is 0 Å². The molecule has 3 heterocycles. The highest BCUT2D eigenvalue weighted by molar-refractivity contribution is 5.74. The van der Waals surface area contributed by atoms with E-state index in [1.807, 2.05) is 0 Å². The van der Waals surface area contributed by atoms with Crippen LogP contribution in [0.4, 0.5) is 14.6 Å². The molecule has 0 radical (unpaired) electrons. The minimum Gasteiger partial charge on any atom is -0.481 e. The minimum atomic E-state index is -1.03. The number of aromatic nitrogens is 4. The lowest BCUT2D eigenvalue weighted by atomic mass is 9.88. The first-order chi connectivity index (χ1) is 12.0. The Morgan fingerprint density at radius 1 is 1.24 bits per heavy atom. The van der Waals surface area contributed by atoms with Gasteiger partial charge in [-0.15, -0.1) is 0 Å². The second-order valence-corrected chi connectivity index (χ2v) is 5.92. The molecule has 25 heavy (non-hydrogen) atoms. The van der Waals surface area contributed by atoms with Gasteiger partial charge in [-0.3, -0.25) is 9.78 Å². The molecule has 1 aliphatic rings. The zero-order valence-corrected chi connectivity index (χ0v) is 12.9. The minimum absolute atomic E-state index is 0.164. The molecule has 0 aliphatic carbocycles. The molecule has 0 amide bonds. The monoisotopic (exact) mass is 345 g/mol. The molecule has 9 heteroatoms. The molecule has 1 N–H and O–H groups in total. The van der Waals surface area contributed by atoms with Gasteiger partial charge in [0, 0.05) is 25.1 Å². The van der Waals surface area contributed by atoms with Crippen LogP contribution < -0.4 is 4.90 Å². The molecule has 0 bridgehead atoms. The van der Waals surface area contributed by atoms with Crippen LogP contribution in [0.15, 0.2) is 36.9 Å². The molecule has 7 nitrogen and oxygen atoms in total. The van der Waals surface area contributed by atoms with Crippen LogP contribution in [0, 0.1) is 17.6 Å². The smallest absolute Gasteiger partial charge is 0.308 e. The highest BCUT2D eigenvalue weighted by atomic mass is 19.1. The summed E-state index contributed by atoms with van der Waals surface area (Å²) in [7, 11) is 0. The van der Waals surface area contributed by atoms with E-state index in [0.29, 0.717) is 11.5 Å². The van der Waals surface area contributed by atoms with Crippen molar-refractivity contribution in [2.24, 2.45) is 5.92 Å². The standard InChI is InChI=1S/C16H13F2N5O2/c17-9-1-2-10(13(18)3-9)11-6-22(7-12(11)16(24)25)15-5-19-4-14-20-8-21-23(14)15/h1-5,8,11-12H,6-7H2,(H,24,25)/t11-,12+/m0/s1. The average Bonchev–Trinajstić information content (AvgIpc) is 3.21. The second-order valence-electron chi connectivity index (χ2n) is 5.92. The molecule has 0 unspecified atom stereocenters. The first kappa shape index (κ1) is 15.4. The summed E-state index contributed by atoms with van der Waals surface area (Å²) in [5, 5.41) is 13.7. The van der Waals surface area contributed by atoms with Crippen LogP contribution in [0.5, 0.6) is 0 Å². The Labute approximate surface area is 140 Å². The van der Waals surface area contributed by atoms with Crippen LogP contribution in [0.1, 0.15) is 11.5 Å². The number of rotatable bonds is 3. The van der Waals surface area contributed by atoms with Crippen molar-refractivity contribution >= 4 is 17.4 Å². The van der Waals surface area contributed by atoms with E-state index in [1.54, 1.807) is 21.8 Å². The molecule has 0 saturated carbocycles. The number of anilines is 1. The molecule has 3 aromatic rings. The number of carbonyl (C=O) groups is 1. The number of carboxylic acid groups (broad SMARTS) is 1. The summed E-state index contributed by atoms with van der Waals surface area (Å²) in [6, 6.07) is 3.22. The number of hydrogen-bond donors (Lipinski definition) is 1. The Morgan fingerprint density at radius 3 is 2.84 bits per heavy atom. The maximum Gasteiger partial charge on any atom is 0.308 e. The zero-order valence-electron chi connectivity index (χ0n) is 12.9. The van der Waals surface area contributed by atoms with E-state index in [-0.39, 0.29) is 18.7 Å². The van der Waals surface area contributed by atoms with Crippen LogP contribution in [-0.4, -0.2) is 43.7 Å². The predicted molar refractivity (Wildman–Crippen MR) is 83.2 cm³/mol. The van der Waals surface area contributed by atoms with E-state index in [4.69, 9.17) is 0 Å². The summed E-state index contributed by atoms with van der Waals surface area (Å²) >= 11 is 0. The van der Waals surface area contributed by atoms with Gasteiger partial charge in [0.25, 0.3) is 0 Å². The summed E-state index contributed by atoms with van der Waals surface area (Å²) in [4.78, 5) is 21.6. The number of nitrogens with zero attached hydrogens (tertiary/aromatic N) is 5. The van der Waals surface area contributed by atoms with Crippen molar-refractivity contribution < 1.29 is 18.7 Å². The third kappa shape index (κ3) is 2.57. The fourth-order valence-electron chi connectivity index (χ4n) is 3.31. The fraction of sp³-hybridized carbons (Fsp3) is 0.250. The first-order valence-electron chi connectivity index (χ1n) is 7.61. The van der Waals surface area contributed by atoms with Gasteiger partial charge < -0.3 is 10.0 Å². The molecule has 0 spiro atoms. The number of carboxylic acids is 1. The third-order valence-corrected chi connectivity index (χ3v) is 4.49. The highest BCUT2D eigenvalue weighted by Crippen LogP contribution is 2.36. The van der Waals surface area contributed by atoms with E-state index in [9.17, 15) is 18.7 Å². The van der Waals surface area contributed by atoms with Gasteiger partial charge in [-0.05, 0) is 11.6 Å². The van der Waals surface area contributed by atoms with Gasteiger partial charge >= 0.3 is 5.97 Å². The molecular formula is C16H13F2N5O2. The summed E-state index contributed by atoms with van der Waals surface area (Å²) in [5.41, 5.74) is 0.718. The number of halogens is 2. The topological polar surface area (TPSA) is 83.6 Å². The van der Waals surface area contributed by atoms with Crippen LogP contribution in [0.25, 0.3) is 5.65 Å². The van der Waals surface area contributed by atoms with Gasteiger partial charge in [0.2, 0.25) is 0 Å². The molecule has 1 aromatic carbocycles. The molecular weight excluding hydrogens is 332 g/mol. The van der Waals surface area contributed by atoms with Crippen molar-refractivity contribution in [2.75, 3.05) is 18.0 Å². The van der Waals surface area contributed by atoms with Crippen molar-refractivity contribution in [3.8, 4) is 0 Å². The molecule has 1 saturated heterocycles. The van der Waals surface area contributed by atoms with E-state index < -0.39 is 29.4 Å². The Morgan fingerprint density at radius 2 is 2.08 bits per heavy atom.